The lowest BCUT2D eigenvalue weighted by molar-refractivity contribution is -0.140. The predicted molar refractivity (Wildman–Crippen MR) is 141 cm³/mol. The van der Waals surface area contributed by atoms with E-state index >= 15 is 0 Å². The molecule has 0 aromatic heterocycles. The number of anilines is 1. The molecule has 0 spiro atoms. The first-order valence-electron chi connectivity index (χ1n) is 11.6. The zero-order valence-corrected chi connectivity index (χ0v) is 22.9. The number of hydrogen-bond donors (Lipinski definition) is 1. The number of nitrogens with one attached hydrogen (secondary N) is 1. The van der Waals surface area contributed by atoms with E-state index in [1.54, 1.807) is 44.4 Å². The maximum Gasteiger partial charge on any atom is 0.244 e. The van der Waals surface area contributed by atoms with E-state index in [1.807, 2.05) is 6.92 Å². The molecule has 1 N–H and O–H groups in total. The molecule has 36 heavy (non-hydrogen) atoms. The lowest BCUT2D eigenvalue weighted by Gasteiger charge is -2.33. The number of methoxy groups -OCH3 is 2. The molecule has 0 aliphatic carbocycles. The first-order valence-corrected chi connectivity index (χ1v) is 13.8. The number of sulfonamides is 1. The van der Waals surface area contributed by atoms with Gasteiger partial charge in [-0.15, -0.1) is 0 Å². The third-order valence-electron chi connectivity index (χ3n) is 5.54. The average Bonchev–Trinajstić information content (AvgIpc) is 2.85. The summed E-state index contributed by atoms with van der Waals surface area (Å²) in [5.74, 6) is 0.0527. The molecule has 2 aromatic rings. The molecule has 2 amide bonds. The van der Waals surface area contributed by atoms with Crippen molar-refractivity contribution in [2.45, 2.75) is 39.3 Å². The van der Waals surface area contributed by atoms with Gasteiger partial charge in [0.25, 0.3) is 0 Å². The Morgan fingerprint density at radius 1 is 1.06 bits per heavy atom. The van der Waals surface area contributed by atoms with Crippen LogP contribution in [0, 0.1) is 0 Å². The summed E-state index contributed by atoms with van der Waals surface area (Å²) in [6, 6.07) is 10.8. The van der Waals surface area contributed by atoms with Crippen molar-refractivity contribution in [3.8, 4) is 11.5 Å². The van der Waals surface area contributed by atoms with E-state index in [2.05, 4.69) is 5.32 Å². The van der Waals surface area contributed by atoms with Crippen LogP contribution in [0.4, 0.5) is 5.69 Å². The topological polar surface area (TPSA) is 105 Å². The van der Waals surface area contributed by atoms with Crippen LogP contribution in [0.3, 0.4) is 0 Å². The van der Waals surface area contributed by atoms with Gasteiger partial charge in [0.1, 0.15) is 24.1 Å². The first kappa shape index (κ1) is 29.3. The van der Waals surface area contributed by atoms with E-state index in [1.165, 1.54) is 24.1 Å². The van der Waals surface area contributed by atoms with E-state index in [0.29, 0.717) is 18.7 Å². The molecule has 9 nitrogen and oxygen atoms in total. The summed E-state index contributed by atoms with van der Waals surface area (Å²) >= 11 is 6.13. The van der Waals surface area contributed by atoms with Crippen molar-refractivity contribution in [2.75, 3.05) is 37.9 Å². The highest BCUT2D eigenvalue weighted by molar-refractivity contribution is 7.92. The Kier molecular flexibility index (Phi) is 10.9. The van der Waals surface area contributed by atoms with Gasteiger partial charge in [-0.05, 0) is 48.7 Å². The second-order valence-corrected chi connectivity index (χ2v) is 10.5. The van der Waals surface area contributed by atoms with Gasteiger partial charge in [-0.3, -0.25) is 13.9 Å². The number of amides is 2. The highest BCUT2D eigenvalue weighted by atomic mass is 35.5. The molecule has 2 aromatic carbocycles. The molecule has 0 unspecified atom stereocenters. The van der Waals surface area contributed by atoms with E-state index < -0.39 is 28.5 Å². The molecule has 2 rings (SSSR count). The van der Waals surface area contributed by atoms with E-state index in [4.69, 9.17) is 21.1 Å². The van der Waals surface area contributed by atoms with Crippen molar-refractivity contribution in [3.63, 3.8) is 0 Å². The number of nitrogens with zero attached hydrogens (tertiary/aromatic N) is 2. The monoisotopic (exact) mass is 539 g/mol. The van der Waals surface area contributed by atoms with Crippen molar-refractivity contribution in [1.29, 1.82) is 0 Å². The van der Waals surface area contributed by atoms with Gasteiger partial charge < -0.3 is 19.7 Å². The molecule has 11 heteroatoms. The zero-order chi connectivity index (χ0) is 26.9. The molecule has 198 valence electrons. The second kappa shape index (κ2) is 13.4. The number of carbonyl (C=O) groups is 2. The van der Waals surface area contributed by atoms with Gasteiger partial charge in [0.05, 0.1) is 26.2 Å². The Balaban J connectivity index is 2.48. The molecule has 0 fully saturated rings. The van der Waals surface area contributed by atoms with Crippen LogP contribution in [-0.4, -0.2) is 64.7 Å². The second-order valence-electron chi connectivity index (χ2n) is 8.17. The summed E-state index contributed by atoms with van der Waals surface area (Å²) in [6.07, 6.45) is 2.08. The SMILES string of the molecule is CCCNC(=O)[C@@H](CC)N(Cc1ccc(OC)cc1)C(=O)CN(c1cc(Cl)ccc1OC)S(C)(=O)=O. The average molecular weight is 540 g/mol. The van der Waals surface area contributed by atoms with Crippen molar-refractivity contribution in [2.24, 2.45) is 0 Å². The van der Waals surface area contributed by atoms with Crippen LogP contribution in [0.15, 0.2) is 42.5 Å². The van der Waals surface area contributed by atoms with Gasteiger partial charge >= 0.3 is 0 Å². The van der Waals surface area contributed by atoms with E-state index in [0.717, 1.165) is 22.5 Å². The highest BCUT2D eigenvalue weighted by Gasteiger charge is 2.32. The molecule has 0 saturated heterocycles. The predicted octanol–water partition coefficient (Wildman–Crippen LogP) is 3.46. The lowest BCUT2D eigenvalue weighted by atomic mass is 10.1. The molecule has 0 aliphatic rings. The third-order valence-corrected chi connectivity index (χ3v) is 6.90. The Morgan fingerprint density at radius 2 is 1.72 bits per heavy atom. The van der Waals surface area contributed by atoms with Crippen LogP contribution < -0.4 is 19.1 Å². The molecule has 0 radical (unpaired) electrons. The van der Waals surface area contributed by atoms with Crippen molar-refractivity contribution in [1.82, 2.24) is 10.2 Å². The fraction of sp³-hybridized carbons (Fsp3) is 0.440. The van der Waals surface area contributed by atoms with E-state index in [9.17, 15) is 18.0 Å². The van der Waals surface area contributed by atoms with Crippen LogP contribution in [0.25, 0.3) is 0 Å². The van der Waals surface area contributed by atoms with Gasteiger partial charge in [0.15, 0.2) is 0 Å². The third kappa shape index (κ3) is 7.76. The maximum absolute atomic E-state index is 13.7. The Bertz CT molecular complexity index is 1140. The normalized spacial score (nSPS) is 11.9. The summed E-state index contributed by atoms with van der Waals surface area (Å²) < 4.78 is 37.0. The summed E-state index contributed by atoms with van der Waals surface area (Å²) in [6.45, 7) is 3.77. The van der Waals surface area contributed by atoms with Crippen molar-refractivity contribution in [3.05, 3.63) is 53.1 Å². The van der Waals surface area contributed by atoms with Gasteiger partial charge in [0, 0.05) is 18.1 Å². The maximum atomic E-state index is 13.7. The Morgan fingerprint density at radius 3 is 2.25 bits per heavy atom. The smallest absolute Gasteiger partial charge is 0.244 e. The minimum atomic E-state index is -3.91. The minimum absolute atomic E-state index is 0.102. The summed E-state index contributed by atoms with van der Waals surface area (Å²) in [7, 11) is -0.960. The van der Waals surface area contributed by atoms with Crippen LogP contribution in [0.1, 0.15) is 32.3 Å². The summed E-state index contributed by atoms with van der Waals surface area (Å²) in [5.41, 5.74) is 0.894. The van der Waals surface area contributed by atoms with Crippen LogP contribution in [0.2, 0.25) is 5.02 Å². The van der Waals surface area contributed by atoms with Crippen LogP contribution in [-0.2, 0) is 26.2 Å². The number of halogens is 1. The Hall–Kier alpha value is -2.98. The number of rotatable bonds is 13. The summed E-state index contributed by atoms with van der Waals surface area (Å²) in [4.78, 5) is 28.1. The van der Waals surface area contributed by atoms with Gasteiger partial charge in [0.2, 0.25) is 21.8 Å². The quantitative estimate of drug-likeness (QED) is 0.418. The molecular weight excluding hydrogens is 506 g/mol. The highest BCUT2D eigenvalue weighted by Crippen LogP contribution is 2.33. The molecule has 0 heterocycles. The molecule has 0 aliphatic heterocycles. The van der Waals surface area contributed by atoms with Gasteiger partial charge in [-0.25, -0.2) is 8.42 Å². The number of carbonyl (C=O) groups excluding carboxylic acids is 2. The van der Waals surface area contributed by atoms with Gasteiger partial charge in [-0.2, -0.15) is 0 Å². The van der Waals surface area contributed by atoms with Crippen LogP contribution in [0.5, 0.6) is 11.5 Å². The fourth-order valence-electron chi connectivity index (χ4n) is 3.67. The minimum Gasteiger partial charge on any atom is -0.497 e. The zero-order valence-electron chi connectivity index (χ0n) is 21.3. The number of benzene rings is 2. The molecular formula is C25H34ClN3O6S. The standard InChI is InChI=1S/C25H34ClN3O6S/c1-6-14-27-25(31)21(7-2)28(16-18-8-11-20(34-3)12-9-18)24(30)17-29(36(5,32)33)22-15-19(26)10-13-23(22)35-4/h8-13,15,21H,6-7,14,16-17H2,1-5H3,(H,27,31)/t21-/m1/s1. The molecule has 0 bridgehead atoms. The summed E-state index contributed by atoms with van der Waals surface area (Å²) in [5, 5.41) is 3.13. The Labute approximate surface area is 218 Å². The lowest BCUT2D eigenvalue weighted by Crippen LogP contribution is -2.52. The fourth-order valence-corrected chi connectivity index (χ4v) is 4.68. The van der Waals surface area contributed by atoms with Crippen LogP contribution >= 0.6 is 11.6 Å². The largest absolute Gasteiger partial charge is 0.497 e. The van der Waals surface area contributed by atoms with E-state index in [-0.39, 0.29) is 28.9 Å². The molecule has 1 atom stereocenters. The molecule has 0 saturated carbocycles. The first-order chi connectivity index (χ1) is 17.0. The van der Waals surface area contributed by atoms with Crippen molar-refractivity contribution >= 4 is 39.1 Å². The number of ether oxygens (including phenoxy) is 2. The number of hydrogen-bond acceptors (Lipinski definition) is 6. The van der Waals surface area contributed by atoms with Gasteiger partial charge in [-0.1, -0.05) is 37.6 Å². The van der Waals surface area contributed by atoms with Crippen molar-refractivity contribution < 1.29 is 27.5 Å².